The zero-order chi connectivity index (χ0) is 15.7. The number of carbonyl (C=O) groups excluding carboxylic acids is 2. The lowest BCUT2D eigenvalue weighted by atomic mass is 9.70. The Morgan fingerprint density at radius 1 is 1.27 bits per heavy atom. The van der Waals surface area contributed by atoms with Crippen LogP contribution in [0.4, 0.5) is 0 Å². The lowest BCUT2D eigenvalue weighted by Gasteiger charge is -2.35. The summed E-state index contributed by atoms with van der Waals surface area (Å²) >= 11 is 0. The average molecular weight is 301 g/mol. The van der Waals surface area contributed by atoms with Gasteiger partial charge in [0.05, 0.1) is 12.0 Å². The van der Waals surface area contributed by atoms with Gasteiger partial charge in [-0.1, -0.05) is 30.3 Å². The van der Waals surface area contributed by atoms with E-state index in [0.29, 0.717) is 13.0 Å². The second-order valence-electron chi connectivity index (χ2n) is 6.42. The van der Waals surface area contributed by atoms with Gasteiger partial charge in [0.15, 0.2) is 0 Å². The molecule has 2 aliphatic heterocycles. The Balaban J connectivity index is 1.95. The van der Waals surface area contributed by atoms with Crippen molar-refractivity contribution in [2.75, 3.05) is 6.61 Å². The summed E-state index contributed by atoms with van der Waals surface area (Å²) < 4.78 is 5.41. The minimum Gasteiger partial charge on any atom is -0.465 e. The van der Waals surface area contributed by atoms with Gasteiger partial charge in [-0.25, -0.2) is 0 Å². The van der Waals surface area contributed by atoms with E-state index in [-0.39, 0.29) is 24.0 Å². The molecule has 1 amide bonds. The van der Waals surface area contributed by atoms with Gasteiger partial charge in [-0.15, -0.1) is 0 Å². The summed E-state index contributed by atoms with van der Waals surface area (Å²) in [7, 11) is 0. The predicted octanol–water partition coefficient (Wildman–Crippen LogP) is 2.56. The van der Waals surface area contributed by atoms with E-state index in [4.69, 9.17) is 4.74 Å². The van der Waals surface area contributed by atoms with Gasteiger partial charge in [-0.2, -0.15) is 0 Å². The normalized spacial score (nSPS) is 29.6. The van der Waals surface area contributed by atoms with Crippen molar-refractivity contribution in [3.8, 4) is 0 Å². The van der Waals surface area contributed by atoms with Crippen molar-refractivity contribution < 1.29 is 14.3 Å². The van der Waals surface area contributed by atoms with Crippen LogP contribution < -0.4 is 0 Å². The molecule has 2 saturated heterocycles. The van der Waals surface area contributed by atoms with Gasteiger partial charge < -0.3 is 9.64 Å². The number of fused-ring (bicyclic) bond motifs is 2. The number of benzene rings is 1. The van der Waals surface area contributed by atoms with E-state index in [9.17, 15) is 9.59 Å². The number of esters is 1. The van der Waals surface area contributed by atoms with Crippen LogP contribution >= 0.6 is 0 Å². The first-order chi connectivity index (χ1) is 10.6. The van der Waals surface area contributed by atoms with E-state index in [1.165, 1.54) is 0 Å². The van der Waals surface area contributed by atoms with Crippen LogP contribution in [0, 0.1) is 5.41 Å². The molecule has 1 aromatic rings. The molecule has 2 bridgehead atoms. The van der Waals surface area contributed by atoms with Crippen LogP contribution in [0.5, 0.6) is 0 Å². The lowest BCUT2D eigenvalue weighted by Crippen LogP contribution is -2.47. The van der Waals surface area contributed by atoms with E-state index < -0.39 is 5.41 Å². The Labute approximate surface area is 131 Å². The highest BCUT2D eigenvalue weighted by Gasteiger charge is 2.61. The van der Waals surface area contributed by atoms with Crippen molar-refractivity contribution in [1.29, 1.82) is 0 Å². The third kappa shape index (κ3) is 2.31. The van der Waals surface area contributed by atoms with Crippen molar-refractivity contribution >= 4 is 11.9 Å². The van der Waals surface area contributed by atoms with Crippen LogP contribution in [0.3, 0.4) is 0 Å². The van der Waals surface area contributed by atoms with Crippen LogP contribution in [0.1, 0.15) is 38.7 Å². The Morgan fingerprint density at radius 3 is 2.59 bits per heavy atom. The fourth-order valence-electron chi connectivity index (χ4n) is 4.38. The first-order valence-corrected chi connectivity index (χ1v) is 8.08. The molecule has 3 rings (SSSR count). The third-order valence-corrected chi connectivity index (χ3v) is 5.15. The molecule has 22 heavy (non-hydrogen) atoms. The van der Waals surface area contributed by atoms with Crippen LogP contribution in [0.15, 0.2) is 30.3 Å². The largest absolute Gasteiger partial charge is 0.465 e. The summed E-state index contributed by atoms with van der Waals surface area (Å²) in [4.78, 5) is 26.7. The van der Waals surface area contributed by atoms with Gasteiger partial charge >= 0.3 is 5.97 Å². The molecule has 4 nitrogen and oxygen atoms in total. The second kappa shape index (κ2) is 5.75. The third-order valence-electron chi connectivity index (χ3n) is 5.15. The van der Waals surface area contributed by atoms with Crippen LogP contribution in [0.25, 0.3) is 0 Å². The monoisotopic (exact) mass is 301 g/mol. The summed E-state index contributed by atoms with van der Waals surface area (Å²) in [5.41, 5.74) is 0.554. The SMILES string of the molecule is CCOC(=O)[C@@]1(Cc2ccccc2)C[C@H]2CC[C@@H]1N2C(C)=O. The smallest absolute Gasteiger partial charge is 0.314 e. The van der Waals surface area contributed by atoms with E-state index >= 15 is 0 Å². The fourth-order valence-corrected chi connectivity index (χ4v) is 4.38. The zero-order valence-electron chi connectivity index (χ0n) is 13.2. The fraction of sp³-hybridized carbons (Fsp3) is 0.556. The molecule has 0 unspecified atom stereocenters. The van der Waals surface area contributed by atoms with Gasteiger partial charge in [-0.3, -0.25) is 9.59 Å². The number of rotatable bonds is 4. The minimum atomic E-state index is -0.577. The van der Waals surface area contributed by atoms with Crippen molar-refractivity contribution in [2.45, 2.75) is 51.6 Å². The molecule has 1 aromatic carbocycles. The first kappa shape index (κ1) is 15.1. The second-order valence-corrected chi connectivity index (χ2v) is 6.42. The Morgan fingerprint density at radius 2 is 2.00 bits per heavy atom. The topological polar surface area (TPSA) is 46.6 Å². The van der Waals surface area contributed by atoms with Crippen molar-refractivity contribution in [3.05, 3.63) is 35.9 Å². The Hall–Kier alpha value is -1.84. The number of hydrogen-bond donors (Lipinski definition) is 0. The molecule has 0 spiro atoms. The minimum absolute atomic E-state index is 0.0192. The Bertz CT molecular complexity index is 571. The van der Waals surface area contributed by atoms with E-state index in [0.717, 1.165) is 24.8 Å². The number of ether oxygens (including phenoxy) is 1. The van der Waals surface area contributed by atoms with Crippen LogP contribution in [0.2, 0.25) is 0 Å². The molecule has 0 aromatic heterocycles. The number of carbonyl (C=O) groups is 2. The van der Waals surface area contributed by atoms with E-state index in [2.05, 4.69) is 0 Å². The van der Waals surface area contributed by atoms with Gasteiger partial charge in [-0.05, 0) is 38.2 Å². The van der Waals surface area contributed by atoms with Crippen LogP contribution in [-0.2, 0) is 20.7 Å². The number of amides is 1. The van der Waals surface area contributed by atoms with Crippen molar-refractivity contribution in [1.82, 2.24) is 4.90 Å². The molecule has 0 N–H and O–H groups in total. The average Bonchev–Trinajstić information content (AvgIpc) is 3.05. The Kier molecular flexibility index (Phi) is 3.94. The predicted molar refractivity (Wildman–Crippen MR) is 83.2 cm³/mol. The molecule has 3 atom stereocenters. The van der Waals surface area contributed by atoms with Gasteiger partial charge in [0.25, 0.3) is 0 Å². The van der Waals surface area contributed by atoms with E-state index in [1.807, 2.05) is 42.2 Å². The summed E-state index contributed by atoms with van der Waals surface area (Å²) in [6, 6.07) is 10.2. The number of hydrogen-bond acceptors (Lipinski definition) is 3. The molecule has 0 saturated carbocycles. The highest BCUT2D eigenvalue weighted by molar-refractivity contribution is 5.83. The zero-order valence-corrected chi connectivity index (χ0v) is 13.2. The van der Waals surface area contributed by atoms with Crippen molar-refractivity contribution in [3.63, 3.8) is 0 Å². The lowest BCUT2D eigenvalue weighted by molar-refractivity contribution is -0.157. The quantitative estimate of drug-likeness (QED) is 0.803. The molecule has 2 fully saturated rings. The maximum absolute atomic E-state index is 12.8. The number of nitrogens with zero attached hydrogens (tertiary/aromatic N) is 1. The molecular weight excluding hydrogens is 278 g/mol. The molecule has 0 aliphatic carbocycles. The molecule has 2 aliphatic rings. The summed E-state index contributed by atoms with van der Waals surface area (Å²) in [6.07, 6.45) is 3.28. The maximum atomic E-state index is 12.8. The summed E-state index contributed by atoms with van der Waals surface area (Å²) in [5.74, 6) is -0.0657. The maximum Gasteiger partial charge on any atom is 0.314 e. The molecule has 4 heteroatoms. The van der Waals surface area contributed by atoms with Crippen molar-refractivity contribution in [2.24, 2.45) is 5.41 Å². The van der Waals surface area contributed by atoms with Gasteiger partial charge in [0, 0.05) is 19.0 Å². The molecule has 0 radical (unpaired) electrons. The summed E-state index contributed by atoms with van der Waals surface area (Å²) in [6.45, 7) is 3.83. The van der Waals surface area contributed by atoms with E-state index in [1.54, 1.807) is 6.92 Å². The highest BCUT2D eigenvalue weighted by atomic mass is 16.5. The first-order valence-electron chi connectivity index (χ1n) is 8.08. The molecule has 2 heterocycles. The highest BCUT2D eigenvalue weighted by Crippen LogP contribution is 2.52. The summed E-state index contributed by atoms with van der Waals surface area (Å²) in [5, 5.41) is 0. The molecule has 118 valence electrons. The van der Waals surface area contributed by atoms with Gasteiger partial charge in [0.2, 0.25) is 5.91 Å². The van der Waals surface area contributed by atoms with Gasteiger partial charge in [0.1, 0.15) is 0 Å². The standard InChI is InChI=1S/C18H23NO3/c1-3-22-17(21)18(11-14-7-5-4-6-8-14)12-15-9-10-16(18)19(15)13(2)20/h4-8,15-16H,3,9-12H2,1-2H3/t15-,16+,18+/m1/s1. The molecular formula is C18H23NO3. The van der Waals surface area contributed by atoms with Crippen LogP contribution in [-0.4, -0.2) is 35.5 Å².